The van der Waals surface area contributed by atoms with Gasteiger partial charge in [0.25, 0.3) is 11.8 Å². The van der Waals surface area contributed by atoms with Crippen molar-refractivity contribution in [2.75, 3.05) is 18.1 Å². The number of anilines is 1. The Balaban J connectivity index is 1.37. The molecule has 0 spiro atoms. The Kier molecular flexibility index (Phi) is 5.74. The molecule has 0 bridgehead atoms. The zero-order valence-corrected chi connectivity index (χ0v) is 18.0. The summed E-state index contributed by atoms with van der Waals surface area (Å²) in [4.78, 5) is 26.9. The van der Waals surface area contributed by atoms with Crippen LogP contribution in [0.4, 0.5) is 5.69 Å². The molecule has 5 rings (SSSR count). The summed E-state index contributed by atoms with van der Waals surface area (Å²) in [5, 5.41) is 2.54. The van der Waals surface area contributed by atoms with Crippen molar-refractivity contribution in [1.82, 2.24) is 5.32 Å². The van der Waals surface area contributed by atoms with Crippen LogP contribution in [0.25, 0.3) is 6.08 Å². The zero-order valence-electron chi connectivity index (χ0n) is 17.2. The highest BCUT2D eigenvalue weighted by atomic mass is 32.1. The van der Waals surface area contributed by atoms with Gasteiger partial charge in [0, 0.05) is 0 Å². The van der Waals surface area contributed by atoms with E-state index in [-0.39, 0.29) is 10.7 Å². The monoisotopic (exact) mass is 462 g/mol. The minimum Gasteiger partial charge on any atom is -0.457 e. The van der Waals surface area contributed by atoms with Gasteiger partial charge >= 0.3 is 0 Å². The lowest BCUT2D eigenvalue weighted by atomic mass is 10.1. The third-order valence-corrected chi connectivity index (χ3v) is 5.25. The minimum atomic E-state index is -0.600. The Morgan fingerprint density at radius 1 is 0.939 bits per heavy atom. The number of furan rings is 1. The second-order valence-electron chi connectivity index (χ2n) is 7.18. The summed E-state index contributed by atoms with van der Waals surface area (Å²) in [5.41, 5.74) is 0.381. The Labute approximate surface area is 194 Å². The predicted molar refractivity (Wildman–Crippen MR) is 123 cm³/mol. The van der Waals surface area contributed by atoms with Crippen LogP contribution in [0.1, 0.15) is 17.8 Å². The molecule has 2 aliphatic rings. The molecule has 0 atom stereocenters. The van der Waals surface area contributed by atoms with E-state index in [2.05, 4.69) is 5.32 Å². The molecule has 0 aliphatic carbocycles. The maximum atomic E-state index is 13.2. The number of carbonyl (C=O) groups is 2. The first-order chi connectivity index (χ1) is 16.1. The van der Waals surface area contributed by atoms with Crippen molar-refractivity contribution < 1.29 is 28.2 Å². The number of rotatable bonds is 5. The maximum Gasteiger partial charge on any atom is 0.270 e. The van der Waals surface area contributed by atoms with Gasteiger partial charge in [-0.05, 0) is 66.8 Å². The molecular weight excluding hydrogens is 444 g/mol. The van der Waals surface area contributed by atoms with E-state index in [9.17, 15) is 9.59 Å². The van der Waals surface area contributed by atoms with E-state index >= 15 is 0 Å². The second-order valence-corrected chi connectivity index (χ2v) is 7.57. The fourth-order valence-electron chi connectivity index (χ4n) is 3.42. The van der Waals surface area contributed by atoms with Crippen LogP contribution in [0.2, 0.25) is 0 Å². The third kappa shape index (κ3) is 4.42. The Bertz CT molecular complexity index is 1230. The smallest absolute Gasteiger partial charge is 0.270 e. The van der Waals surface area contributed by atoms with Gasteiger partial charge in [0.2, 0.25) is 6.29 Å². The lowest BCUT2D eigenvalue weighted by Crippen LogP contribution is -2.54. The van der Waals surface area contributed by atoms with E-state index in [0.29, 0.717) is 41.9 Å². The van der Waals surface area contributed by atoms with E-state index in [1.54, 1.807) is 36.4 Å². The Morgan fingerprint density at radius 3 is 2.36 bits per heavy atom. The largest absolute Gasteiger partial charge is 0.457 e. The minimum absolute atomic E-state index is 0.00762. The van der Waals surface area contributed by atoms with Gasteiger partial charge in [0.05, 0.1) is 18.9 Å². The first-order valence-electron chi connectivity index (χ1n) is 10.2. The van der Waals surface area contributed by atoms with E-state index in [0.717, 1.165) is 0 Å². The van der Waals surface area contributed by atoms with Gasteiger partial charge in [-0.25, -0.2) is 0 Å². The van der Waals surface area contributed by atoms with E-state index in [1.165, 1.54) is 11.0 Å². The van der Waals surface area contributed by atoms with Gasteiger partial charge in [0.15, 0.2) is 10.9 Å². The number of para-hydroxylation sites is 1. The van der Waals surface area contributed by atoms with Crippen LogP contribution in [0, 0.1) is 0 Å². The molecule has 8 nitrogen and oxygen atoms in total. The molecule has 3 aromatic rings. The Morgan fingerprint density at radius 2 is 1.64 bits per heavy atom. The van der Waals surface area contributed by atoms with Gasteiger partial charge in [-0.1, -0.05) is 18.2 Å². The number of nitrogens with zero attached hydrogens (tertiary/aromatic N) is 1. The standard InChI is InChI=1S/C24H18N2O6S/c27-21-19(14-18-10-11-20(32-18)23-29-12-13-30-23)22(28)26(24(33)25-21)15-6-8-17(9-7-15)31-16-4-2-1-3-5-16/h1-11,14,23H,12-13H2,(H,25,27,33). The summed E-state index contributed by atoms with van der Waals surface area (Å²) in [5.74, 6) is 0.910. The number of nitrogens with one attached hydrogen (secondary N) is 1. The van der Waals surface area contributed by atoms with E-state index < -0.39 is 18.1 Å². The van der Waals surface area contributed by atoms with Gasteiger partial charge in [-0.3, -0.25) is 19.8 Å². The quantitative estimate of drug-likeness (QED) is 0.349. The molecule has 0 unspecified atom stereocenters. The van der Waals surface area contributed by atoms with Crippen LogP contribution >= 0.6 is 12.2 Å². The van der Waals surface area contributed by atoms with Crippen molar-refractivity contribution in [1.29, 1.82) is 0 Å². The van der Waals surface area contributed by atoms with Crippen molar-refractivity contribution in [3.8, 4) is 11.5 Å². The van der Waals surface area contributed by atoms with Gasteiger partial charge in [0.1, 0.15) is 22.8 Å². The predicted octanol–water partition coefficient (Wildman–Crippen LogP) is 3.95. The van der Waals surface area contributed by atoms with Crippen LogP contribution in [0.5, 0.6) is 11.5 Å². The number of amides is 2. The molecule has 1 N–H and O–H groups in total. The number of thiocarbonyl (C=S) groups is 1. The van der Waals surface area contributed by atoms with Gasteiger partial charge in [-0.15, -0.1) is 0 Å². The topological polar surface area (TPSA) is 90.2 Å². The average molecular weight is 462 g/mol. The molecule has 2 saturated heterocycles. The van der Waals surface area contributed by atoms with Gasteiger partial charge < -0.3 is 18.6 Å². The van der Waals surface area contributed by atoms with E-state index in [1.807, 2.05) is 30.3 Å². The molecule has 166 valence electrons. The van der Waals surface area contributed by atoms with Crippen molar-refractivity contribution in [2.45, 2.75) is 6.29 Å². The van der Waals surface area contributed by atoms with Crippen molar-refractivity contribution in [3.05, 3.63) is 83.8 Å². The van der Waals surface area contributed by atoms with E-state index in [4.69, 9.17) is 30.8 Å². The summed E-state index contributed by atoms with van der Waals surface area (Å²) in [6, 6.07) is 19.5. The molecule has 2 amide bonds. The molecule has 33 heavy (non-hydrogen) atoms. The average Bonchev–Trinajstić information content (AvgIpc) is 3.50. The van der Waals surface area contributed by atoms with Crippen LogP contribution < -0.4 is 15.0 Å². The normalized spacial score (nSPS) is 18.1. The molecule has 9 heteroatoms. The lowest BCUT2D eigenvalue weighted by Gasteiger charge is -2.28. The summed E-state index contributed by atoms with van der Waals surface area (Å²) in [6.45, 7) is 0.953. The molecule has 1 aromatic heterocycles. The number of benzene rings is 2. The lowest BCUT2D eigenvalue weighted by molar-refractivity contribution is -0.122. The summed E-state index contributed by atoms with van der Waals surface area (Å²) >= 11 is 5.25. The number of ether oxygens (including phenoxy) is 3. The zero-order chi connectivity index (χ0) is 22.8. The molecule has 0 saturated carbocycles. The SMILES string of the molecule is O=C1NC(=S)N(c2ccc(Oc3ccccc3)cc2)C(=O)C1=Cc1ccc(C2OCCO2)o1. The number of hydrogen-bond donors (Lipinski definition) is 1. The molecule has 2 aromatic carbocycles. The van der Waals surface area contributed by atoms with Crippen molar-refractivity contribution in [2.24, 2.45) is 0 Å². The number of carbonyl (C=O) groups excluding carboxylic acids is 2. The summed E-state index contributed by atoms with van der Waals surface area (Å²) in [7, 11) is 0. The highest BCUT2D eigenvalue weighted by Gasteiger charge is 2.35. The molecule has 2 aliphatic heterocycles. The fraction of sp³-hybridized carbons (Fsp3) is 0.125. The van der Waals surface area contributed by atoms with Crippen molar-refractivity contribution in [3.63, 3.8) is 0 Å². The van der Waals surface area contributed by atoms with Gasteiger partial charge in [-0.2, -0.15) is 0 Å². The second kappa shape index (κ2) is 8.99. The third-order valence-electron chi connectivity index (χ3n) is 4.96. The van der Waals surface area contributed by atoms with Crippen LogP contribution in [0.3, 0.4) is 0 Å². The molecule has 2 fully saturated rings. The highest BCUT2D eigenvalue weighted by molar-refractivity contribution is 7.80. The fourth-order valence-corrected chi connectivity index (χ4v) is 3.70. The molecule has 0 radical (unpaired) electrons. The van der Waals surface area contributed by atoms with Crippen LogP contribution in [-0.2, 0) is 19.1 Å². The first-order valence-corrected chi connectivity index (χ1v) is 10.6. The molecular formula is C24H18N2O6S. The van der Waals surface area contributed by atoms with Crippen LogP contribution in [-0.4, -0.2) is 30.1 Å². The first kappa shape index (κ1) is 21.1. The summed E-state index contributed by atoms with van der Waals surface area (Å²) in [6.07, 6.45) is 0.784. The maximum absolute atomic E-state index is 13.2. The highest BCUT2D eigenvalue weighted by Crippen LogP contribution is 2.29. The number of hydrogen-bond acceptors (Lipinski definition) is 7. The van der Waals surface area contributed by atoms with Crippen molar-refractivity contribution >= 4 is 40.9 Å². The Hall–Kier alpha value is -3.79. The van der Waals surface area contributed by atoms with Crippen LogP contribution in [0.15, 0.2) is 76.7 Å². The molecule has 3 heterocycles. The summed E-state index contributed by atoms with van der Waals surface area (Å²) < 4.78 is 22.3.